The first kappa shape index (κ1) is 26.1. The number of anilines is 2. The number of nitrogens with one attached hydrogen (secondary N) is 1. The highest BCUT2D eigenvalue weighted by Crippen LogP contribution is 2.46. The average molecular weight is 497 g/mol. The normalized spacial score (nSPS) is 17.3. The summed E-state index contributed by atoms with van der Waals surface area (Å²) >= 11 is 0. The molecule has 0 atom stereocenters. The fraction of sp³-hybridized carbons (Fsp3) is 0.517. The van der Waals surface area contributed by atoms with Crippen LogP contribution in [0.15, 0.2) is 36.4 Å². The number of aryl methyl sites for hydroxylation is 1. The van der Waals surface area contributed by atoms with Gasteiger partial charge in [0.15, 0.2) is 0 Å². The van der Waals surface area contributed by atoms with E-state index in [4.69, 9.17) is 4.74 Å². The van der Waals surface area contributed by atoms with E-state index < -0.39 is 17.2 Å². The lowest BCUT2D eigenvalue weighted by Gasteiger charge is -2.40. The van der Waals surface area contributed by atoms with Gasteiger partial charge in [0.1, 0.15) is 5.82 Å². The summed E-state index contributed by atoms with van der Waals surface area (Å²) in [4.78, 5) is 27.6. The van der Waals surface area contributed by atoms with Crippen LogP contribution < -0.4 is 10.2 Å². The minimum Gasteiger partial charge on any atom is -0.481 e. The summed E-state index contributed by atoms with van der Waals surface area (Å²) in [5.41, 5.74) is 2.37. The molecule has 0 aromatic heterocycles. The van der Waals surface area contributed by atoms with E-state index in [0.717, 1.165) is 43.4 Å². The molecule has 6 nitrogen and oxygen atoms in total. The number of hydrogen-bond donors (Lipinski definition) is 2. The Bertz CT molecular complexity index is 1090. The molecular formula is C29H37FN2O4. The predicted molar refractivity (Wildman–Crippen MR) is 139 cm³/mol. The molecule has 0 radical (unpaired) electrons. The molecule has 2 aliphatic rings. The van der Waals surface area contributed by atoms with E-state index in [2.05, 4.69) is 10.2 Å². The zero-order valence-corrected chi connectivity index (χ0v) is 21.3. The van der Waals surface area contributed by atoms with Crippen molar-refractivity contribution < 1.29 is 23.8 Å². The van der Waals surface area contributed by atoms with Gasteiger partial charge in [0.25, 0.3) is 0 Å². The number of carbonyl (C=O) groups excluding carboxylic acids is 1. The lowest BCUT2D eigenvalue weighted by atomic mass is 9.64. The highest BCUT2D eigenvalue weighted by atomic mass is 19.1. The summed E-state index contributed by atoms with van der Waals surface area (Å²) in [6, 6.07) is 10.9. The van der Waals surface area contributed by atoms with E-state index in [1.807, 2.05) is 25.1 Å². The molecule has 2 N–H and O–H groups in total. The maximum Gasteiger partial charge on any atom is 0.314 e. The Morgan fingerprint density at radius 2 is 1.86 bits per heavy atom. The number of amides is 1. The number of carboxylic acid groups (broad SMARTS) is 1. The monoisotopic (exact) mass is 496 g/mol. The van der Waals surface area contributed by atoms with Gasteiger partial charge in [0.2, 0.25) is 5.91 Å². The van der Waals surface area contributed by atoms with E-state index in [9.17, 15) is 19.1 Å². The quantitative estimate of drug-likeness (QED) is 0.447. The van der Waals surface area contributed by atoms with Crippen molar-refractivity contribution in [3.8, 4) is 0 Å². The molecule has 36 heavy (non-hydrogen) atoms. The Hall–Kier alpha value is -2.93. The number of halogens is 1. The Morgan fingerprint density at radius 1 is 1.11 bits per heavy atom. The second kappa shape index (κ2) is 11.4. The van der Waals surface area contributed by atoms with Crippen LogP contribution in [0.3, 0.4) is 0 Å². The van der Waals surface area contributed by atoms with Crippen molar-refractivity contribution in [3.63, 3.8) is 0 Å². The fourth-order valence-corrected chi connectivity index (χ4v) is 5.59. The highest BCUT2D eigenvalue weighted by Gasteiger charge is 2.46. The molecule has 2 fully saturated rings. The molecule has 0 bridgehead atoms. The second-order valence-corrected chi connectivity index (χ2v) is 10.3. The predicted octanol–water partition coefficient (Wildman–Crippen LogP) is 5.61. The number of aliphatic carboxylic acids is 1. The zero-order chi connectivity index (χ0) is 25.7. The summed E-state index contributed by atoms with van der Waals surface area (Å²) in [6.45, 7) is 3.02. The molecule has 2 aromatic rings. The number of methoxy groups -OCH3 is 1. The van der Waals surface area contributed by atoms with E-state index >= 15 is 0 Å². The SMILES string of the molecule is COCCN(c1ccc(C2(C(=O)O)CCC2)cc1NC(=O)Cc1ccc(C)cc1F)C1CCCCC1. The molecule has 2 aromatic carbocycles. The zero-order valence-electron chi connectivity index (χ0n) is 21.3. The molecular weight excluding hydrogens is 459 g/mol. The van der Waals surface area contributed by atoms with Crippen LogP contribution in [0, 0.1) is 12.7 Å². The molecule has 0 unspecified atom stereocenters. The van der Waals surface area contributed by atoms with Crippen molar-refractivity contribution in [2.75, 3.05) is 30.5 Å². The molecule has 0 heterocycles. The summed E-state index contributed by atoms with van der Waals surface area (Å²) in [5.74, 6) is -1.56. The first-order valence-electron chi connectivity index (χ1n) is 13.0. The summed E-state index contributed by atoms with van der Waals surface area (Å²) in [5, 5.41) is 13.0. The summed E-state index contributed by atoms with van der Waals surface area (Å²) < 4.78 is 19.8. The van der Waals surface area contributed by atoms with Gasteiger partial charge in [-0.2, -0.15) is 0 Å². The van der Waals surface area contributed by atoms with Gasteiger partial charge in [-0.1, -0.05) is 43.9 Å². The molecule has 2 saturated carbocycles. The van der Waals surface area contributed by atoms with Gasteiger partial charge >= 0.3 is 5.97 Å². The Labute approximate surface area is 212 Å². The van der Waals surface area contributed by atoms with Crippen LogP contribution in [0.1, 0.15) is 68.1 Å². The maximum absolute atomic E-state index is 14.4. The van der Waals surface area contributed by atoms with E-state index in [1.54, 1.807) is 19.2 Å². The number of ether oxygens (including phenoxy) is 1. The molecule has 4 rings (SSSR count). The molecule has 7 heteroatoms. The number of hydrogen-bond acceptors (Lipinski definition) is 4. The number of carbonyl (C=O) groups is 2. The van der Waals surface area contributed by atoms with Crippen molar-refractivity contribution in [1.82, 2.24) is 0 Å². The van der Waals surface area contributed by atoms with Crippen LogP contribution in [-0.4, -0.2) is 43.3 Å². The van der Waals surface area contributed by atoms with E-state index in [-0.39, 0.29) is 12.3 Å². The highest BCUT2D eigenvalue weighted by molar-refractivity contribution is 5.96. The minimum atomic E-state index is -0.913. The lowest BCUT2D eigenvalue weighted by Crippen LogP contribution is -2.43. The van der Waals surface area contributed by atoms with Crippen molar-refractivity contribution in [2.45, 2.75) is 76.2 Å². The van der Waals surface area contributed by atoms with Gasteiger partial charge in [0, 0.05) is 19.7 Å². The molecule has 0 aliphatic heterocycles. The van der Waals surface area contributed by atoms with Crippen molar-refractivity contribution >= 4 is 23.3 Å². The minimum absolute atomic E-state index is 0.0959. The Kier molecular flexibility index (Phi) is 8.29. The molecule has 2 aliphatic carbocycles. The van der Waals surface area contributed by atoms with Gasteiger partial charge in [-0.25, -0.2) is 4.39 Å². The van der Waals surface area contributed by atoms with Crippen LogP contribution in [0.25, 0.3) is 0 Å². The summed E-state index contributed by atoms with van der Waals surface area (Å²) in [7, 11) is 1.67. The van der Waals surface area contributed by atoms with Crippen LogP contribution in [-0.2, 0) is 26.2 Å². The van der Waals surface area contributed by atoms with Gasteiger partial charge in [-0.15, -0.1) is 0 Å². The van der Waals surface area contributed by atoms with Crippen molar-refractivity contribution in [1.29, 1.82) is 0 Å². The van der Waals surface area contributed by atoms with Gasteiger partial charge in [0.05, 0.1) is 29.8 Å². The average Bonchev–Trinajstić information content (AvgIpc) is 2.82. The number of carboxylic acids is 1. The van der Waals surface area contributed by atoms with Crippen molar-refractivity contribution in [3.05, 3.63) is 58.9 Å². The smallest absolute Gasteiger partial charge is 0.314 e. The second-order valence-electron chi connectivity index (χ2n) is 10.3. The molecule has 1 amide bonds. The molecule has 0 saturated heterocycles. The Balaban J connectivity index is 1.69. The first-order valence-corrected chi connectivity index (χ1v) is 13.0. The lowest BCUT2D eigenvalue weighted by molar-refractivity contribution is -0.147. The van der Waals surface area contributed by atoms with Crippen LogP contribution >= 0.6 is 0 Å². The van der Waals surface area contributed by atoms with E-state index in [1.165, 1.54) is 12.5 Å². The molecule has 194 valence electrons. The third-order valence-electron chi connectivity index (χ3n) is 7.86. The van der Waals surface area contributed by atoms with Gasteiger partial charge in [-0.3, -0.25) is 9.59 Å². The molecule has 0 spiro atoms. The Morgan fingerprint density at radius 3 is 2.47 bits per heavy atom. The van der Waals surface area contributed by atoms with Crippen LogP contribution in [0.2, 0.25) is 0 Å². The number of benzene rings is 2. The first-order chi connectivity index (χ1) is 17.3. The fourth-order valence-electron chi connectivity index (χ4n) is 5.59. The number of nitrogens with zero attached hydrogens (tertiary/aromatic N) is 1. The van der Waals surface area contributed by atoms with Crippen molar-refractivity contribution in [2.24, 2.45) is 0 Å². The van der Waals surface area contributed by atoms with Crippen LogP contribution in [0.4, 0.5) is 15.8 Å². The van der Waals surface area contributed by atoms with Gasteiger partial charge in [-0.05, 0) is 67.5 Å². The summed E-state index contributed by atoms with van der Waals surface area (Å²) in [6.07, 6.45) is 7.59. The third kappa shape index (κ3) is 5.56. The number of rotatable bonds is 10. The van der Waals surface area contributed by atoms with E-state index in [0.29, 0.717) is 48.8 Å². The third-order valence-corrected chi connectivity index (χ3v) is 7.86. The van der Waals surface area contributed by atoms with Gasteiger partial charge < -0.3 is 20.1 Å². The topological polar surface area (TPSA) is 78.9 Å². The maximum atomic E-state index is 14.4. The van der Waals surface area contributed by atoms with Crippen LogP contribution in [0.5, 0.6) is 0 Å². The standard InChI is InChI=1S/C29H37FN2O4/c1-20-9-10-21(24(30)17-20)18-27(33)31-25-19-22(29(28(34)35)13-6-14-29)11-12-26(25)32(15-16-36-2)23-7-4-3-5-8-23/h9-12,17,19,23H,3-8,13-16,18H2,1-2H3,(H,31,33)(H,34,35). The largest absolute Gasteiger partial charge is 0.481 e.